The Bertz CT molecular complexity index is 303. The Morgan fingerprint density at radius 2 is 2.16 bits per heavy atom. The minimum atomic E-state index is -0.459. The van der Waals surface area contributed by atoms with Crippen molar-refractivity contribution in [2.45, 2.75) is 44.7 Å². The number of piperidine rings is 1. The van der Waals surface area contributed by atoms with Gasteiger partial charge in [0.1, 0.15) is 0 Å². The molecule has 0 aromatic carbocycles. The molecule has 19 heavy (non-hydrogen) atoms. The number of likely N-dealkylation sites (N-methyl/N-ethyl adjacent to an activating group) is 1. The van der Waals surface area contributed by atoms with E-state index in [2.05, 4.69) is 16.0 Å². The van der Waals surface area contributed by atoms with Crippen molar-refractivity contribution < 1.29 is 9.59 Å². The first-order chi connectivity index (χ1) is 9.04. The van der Waals surface area contributed by atoms with Gasteiger partial charge in [-0.3, -0.25) is 15.0 Å². The number of nitrogens with one attached hydrogen (secondary N) is 3. The summed E-state index contributed by atoms with van der Waals surface area (Å²) in [5.41, 5.74) is 0. The van der Waals surface area contributed by atoms with E-state index in [-0.39, 0.29) is 11.9 Å². The molecule has 0 spiro atoms. The van der Waals surface area contributed by atoms with Crippen molar-refractivity contribution in [1.82, 2.24) is 20.9 Å². The number of nitrogens with zero attached hydrogens (tertiary/aromatic N) is 1. The van der Waals surface area contributed by atoms with Crippen molar-refractivity contribution in [3.63, 3.8) is 0 Å². The molecule has 0 radical (unpaired) electrons. The van der Waals surface area contributed by atoms with Gasteiger partial charge in [0.05, 0.1) is 6.04 Å². The van der Waals surface area contributed by atoms with Gasteiger partial charge < -0.3 is 10.6 Å². The summed E-state index contributed by atoms with van der Waals surface area (Å²) in [6, 6.07) is -0.203. The third-order valence-electron chi connectivity index (χ3n) is 3.75. The predicted molar refractivity (Wildman–Crippen MR) is 74.9 cm³/mol. The summed E-state index contributed by atoms with van der Waals surface area (Å²) < 4.78 is 0. The number of hydrogen-bond acceptors (Lipinski definition) is 4. The summed E-state index contributed by atoms with van der Waals surface area (Å²) in [6.45, 7) is 3.76. The molecule has 3 amide bonds. The molecule has 1 fully saturated rings. The van der Waals surface area contributed by atoms with Crippen molar-refractivity contribution in [3.05, 3.63) is 0 Å². The number of amides is 3. The van der Waals surface area contributed by atoms with Crippen LogP contribution in [-0.4, -0.2) is 56.1 Å². The van der Waals surface area contributed by atoms with E-state index in [1.807, 2.05) is 18.9 Å². The molecule has 0 bridgehead atoms. The van der Waals surface area contributed by atoms with E-state index in [0.717, 1.165) is 19.5 Å². The van der Waals surface area contributed by atoms with Crippen molar-refractivity contribution >= 4 is 11.9 Å². The average Bonchev–Trinajstić information content (AvgIpc) is 2.44. The fourth-order valence-electron chi connectivity index (χ4n) is 2.20. The molecule has 1 rings (SSSR count). The van der Waals surface area contributed by atoms with E-state index in [9.17, 15) is 9.59 Å². The average molecular weight is 270 g/mol. The van der Waals surface area contributed by atoms with Crippen LogP contribution in [0.5, 0.6) is 0 Å². The standard InChI is InChI=1S/C13H26N4O2/c1-10(12(18)16-13(19)14-2)17(3)9-7-11-6-4-5-8-15-11/h10-11,15H,4-9H2,1-3H3,(H2,14,16,18,19). The summed E-state index contributed by atoms with van der Waals surface area (Å²) in [4.78, 5) is 24.8. The maximum absolute atomic E-state index is 11.8. The summed E-state index contributed by atoms with van der Waals surface area (Å²) in [7, 11) is 3.41. The highest BCUT2D eigenvalue weighted by molar-refractivity contribution is 5.96. The van der Waals surface area contributed by atoms with Crippen LogP contribution >= 0.6 is 0 Å². The molecule has 1 heterocycles. The molecule has 110 valence electrons. The monoisotopic (exact) mass is 270 g/mol. The number of urea groups is 1. The Labute approximate surface area is 115 Å². The Balaban J connectivity index is 2.28. The van der Waals surface area contributed by atoms with E-state index < -0.39 is 6.03 Å². The van der Waals surface area contributed by atoms with E-state index in [1.54, 1.807) is 0 Å². The lowest BCUT2D eigenvalue weighted by molar-refractivity contribution is -0.124. The second-order valence-corrected chi connectivity index (χ2v) is 5.16. The Kier molecular flexibility index (Phi) is 6.80. The van der Waals surface area contributed by atoms with Crippen LogP contribution in [-0.2, 0) is 4.79 Å². The second-order valence-electron chi connectivity index (χ2n) is 5.16. The first kappa shape index (κ1) is 15.9. The van der Waals surface area contributed by atoms with Crippen LogP contribution in [0.1, 0.15) is 32.6 Å². The molecule has 6 nitrogen and oxygen atoms in total. The van der Waals surface area contributed by atoms with Crippen molar-refractivity contribution in [2.24, 2.45) is 0 Å². The van der Waals surface area contributed by atoms with Gasteiger partial charge in [-0.25, -0.2) is 4.79 Å². The Hall–Kier alpha value is -1.14. The molecule has 1 saturated heterocycles. The second kappa shape index (κ2) is 8.12. The predicted octanol–water partition coefficient (Wildman–Crippen LogP) is 0.295. The Morgan fingerprint density at radius 3 is 2.74 bits per heavy atom. The quantitative estimate of drug-likeness (QED) is 0.671. The fourth-order valence-corrected chi connectivity index (χ4v) is 2.20. The van der Waals surface area contributed by atoms with E-state index >= 15 is 0 Å². The smallest absolute Gasteiger partial charge is 0.321 e. The van der Waals surface area contributed by atoms with Crippen molar-refractivity contribution in [1.29, 1.82) is 0 Å². The first-order valence-corrected chi connectivity index (χ1v) is 7.00. The fraction of sp³-hybridized carbons (Fsp3) is 0.846. The highest BCUT2D eigenvalue weighted by atomic mass is 16.2. The molecule has 0 aromatic heterocycles. The van der Waals surface area contributed by atoms with Crippen LogP contribution in [0.2, 0.25) is 0 Å². The Morgan fingerprint density at radius 1 is 1.42 bits per heavy atom. The van der Waals surface area contributed by atoms with Gasteiger partial charge in [-0.1, -0.05) is 6.42 Å². The van der Waals surface area contributed by atoms with Gasteiger partial charge in [0.15, 0.2) is 0 Å². The zero-order valence-electron chi connectivity index (χ0n) is 12.2. The SMILES string of the molecule is CNC(=O)NC(=O)C(C)N(C)CCC1CCCCN1. The molecule has 0 aromatic rings. The van der Waals surface area contributed by atoms with E-state index in [4.69, 9.17) is 0 Å². The maximum Gasteiger partial charge on any atom is 0.321 e. The summed E-state index contributed by atoms with van der Waals surface area (Å²) in [6.07, 6.45) is 4.80. The molecular formula is C13H26N4O2. The van der Waals surface area contributed by atoms with Crippen LogP contribution in [0.15, 0.2) is 0 Å². The molecular weight excluding hydrogens is 244 g/mol. The van der Waals surface area contributed by atoms with Crippen LogP contribution in [0.25, 0.3) is 0 Å². The number of hydrogen-bond donors (Lipinski definition) is 3. The van der Waals surface area contributed by atoms with Gasteiger partial charge >= 0.3 is 6.03 Å². The molecule has 0 aliphatic carbocycles. The lowest BCUT2D eigenvalue weighted by atomic mass is 10.0. The molecule has 2 unspecified atom stereocenters. The summed E-state index contributed by atoms with van der Waals surface area (Å²) in [5, 5.41) is 8.17. The van der Waals surface area contributed by atoms with Crippen LogP contribution in [0, 0.1) is 0 Å². The number of carbonyl (C=O) groups is 2. The van der Waals surface area contributed by atoms with Crippen molar-refractivity contribution in [2.75, 3.05) is 27.2 Å². The minimum Gasteiger partial charge on any atom is -0.341 e. The number of carbonyl (C=O) groups excluding carboxylic acids is 2. The third-order valence-corrected chi connectivity index (χ3v) is 3.75. The lowest BCUT2D eigenvalue weighted by Gasteiger charge is -2.28. The largest absolute Gasteiger partial charge is 0.341 e. The van der Waals surface area contributed by atoms with Gasteiger partial charge in [-0.2, -0.15) is 0 Å². The van der Waals surface area contributed by atoms with Crippen LogP contribution in [0.3, 0.4) is 0 Å². The number of rotatable bonds is 5. The normalized spacial score (nSPS) is 20.9. The molecule has 3 N–H and O–H groups in total. The summed E-state index contributed by atoms with van der Waals surface area (Å²) in [5.74, 6) is -0.265. The van der Waals surface area contributed by atoms with Gasteiger partial charge in [0.25, 0.3) is 0 Å². The topological polar surface area (TPSA) is 73.5 Å². The molecule has 6 heteroatoms. The van der Waals surface area contributed by atoms with Gasteiger partial charge in [0.2, 0.25) is 5.91 Å². The summed E-state index contributed by atoms with van der Waals surface area (Å²) >= 11 is 0. The van der Waals surface area contributed by atoms with Crippen LogP contribution in [0.4, 0.5) is 4.79 Å². The van der Waals surface area contributed by atoms with Crippen LogP contribution < -0.4 is 16.0 Å². The first-order valence-electron chi connectivity index (χ1n) is 7.00. The molecule has 0 saturated carbocycles. The lowest BCUT2D eigenvalue weighted by Crippen LogP contribution is -2.48. The van der Waals surface area contributed by atoms with E-state index in [0.29, 0.717) is 6.04 Å². The van der Waals surface area contributed by atoms with Gasteiger partial charge in [0, 0.05) is 19.6 Å². The zero-order chi connectivity index (χ0) is 14.3. The third kappa shape index (κ3) is 5.57. The van der Waals surface area contributed by atoms with Gasteiger partial charge in [-0.15, -0.1) is 0 Å². The highest BCUT2D eigenvalue weighted by Crippen LogP contribution is 2.11. The highest BCUT2D eigenvalue weighted by Gasteiger charge is 2.21. The molecule has 2 atom stereocenters. The minimum absolute atomic E-state index is 0.265. The number of imide groups is 1. The van der Waals surface area contributed by atoms with E-state index in [1.165, 1.54) is 26.3 Å². The molecule has 1 aliphatic heterocycles. The zero-order valence-corrected chi connectivity index (χ0v) is 12.2. The molecule has 1 aliphatic rings. The van der Waals surface area contributed by atoms with Crippen molar-refractivity contribution in [3.8, 4) is 0 Å². The van der Waals surface area contributed by atoms with Gasteiger partial charge in [-0.05, 0) is 39.8 Å². The maximum atomic E-state index is 11.8.